The maximum absolute atomic E-state index is 12.9. The average Bonchev–Trinajstić information content (AvgIpc) is 2.16. The van der Waals surface area contributed by atoms with E-state index in [2.05, 4.69) is 25.7 Å². The summed E-state index contributed by atoms with van der Waals surface area (Å²) in [5.41, 5.74) is -0.00266. The lowest BCUT2D eigenvalue weighted by Crippen LogP contribution is -2.55. The van der Waals surface area contributed by atoms with Crippen LogP contribution in [-0.2, 0) is 0 Å². The molecule has 1 rings (SSSR count). The molecule has 2 nitrogen and oxygen atoms in total. The average molecular weight is 256 g/mol. The van der Waals surface area contributed by atoms with Crippen molar-refractivity contribution in [2.75, 3.05) is 32.7 Å². The fourth-order valence-electron chi connectivity index (χ4n) is 1.94. The fraction of sp³-hybridized carbons (Fsp3) is 1.00. The van der Waals surface area contributed by atoms with E-state index in [9.17, 15) is 17.6 Å². The summed E-state index contributed by atoms with van der Waals surface area (Å²) >= 11 is 0. The molecule has 0 unspecified atom stereocenters. The van der Waals surface area contributed by atoms with Gasteiger partial charge < -0.3 is 0 Å². The molecule has 1 aliphatic heterocycles. The number of hydrogen-bond acceptors (Lipinski definition) is 2. The number of rotatable bonds is 3. The molecule has 1 fully saturated rings. The molecule has 1 heterocycles. The molecule has 6 heteroatoms. The van der Waals surface area contributed by atoms with E-state index in [1.807, 2.05) is 0 Å². The molecule has 0 atom stereocenters. The van der Waals surface area contributed by atoms with E-state index in [4.69, 9.17) is 0 Å². The van der Waals surface area contributed by atoms with E-state index in [0.29, 0.717) is 26.2 Å². The van der Waals surface area contributed by atoms with Crippen LogP contribution < -0.4 is 0 Å². The van der Waals surface area contributed by atoms with Gasteiger partial charge in [0.25, 0.3) is 0 Å². The van der Waals surface area contributed by atoms with Crippen LogP contribution >= 0.6 is 0 Å². The molecular weight excluding hydrogens is 236 g/mol. The van der Waals surface area contributed by atoms with Crippen molar-refractivity contribution in [1.29, 1.82) is 0 Å². The highest BCUT2D eigenvalue weighted by Gasteiger charge is 2.42. The molecule has 0 spiro atoms. The number of nitrogens with zero attached hydrogens (tertiary/aromatic N) is 2. The first-order chi connectivity index (χ1) is 7.63. The van der Waals surface area contributed by atoms with Gasteiger partial charge in [0.05, 0.1) is 6.54 Å². The van der Waals surface area contributed by atoms with Crippen molar-refractivity contribution in [2.45, 2.75) is 38.7 Å². The second-order valence-corrected chi connectivity index (χ2v) is 5.50. The van der Waals surface area contributed by atoms with Gasteiger partial charge in [0, 0.05) is 31.7 Å². The van der Waals surface area contributed by atoms with Crippen molar-refractivity contribution in [3.63, 3.8) is 0 Å². The molecular formula is C11H20F4N2. The highest BCUT2D eigenvalue weighted by molar-refractivity contribution is 4.84. The molecule has 0 aromatic rings. The van der Waals surface area contributed by atoms with Crippen LogP contribution in [0.5, 0.6) is 0 Å². The van der Waals surface area contributed by atoms with Gasteiger partial charge in [-0.15, -0.1) is 0 Å². The highest BCUT2D eigenvalue weighted by atomic mass is 19.3. The van der Waals surface area contributed by atoms with E-state index in [0.717, 1.165) is 0 Å². The predicted octanol–water partition coefficient (Wildman–Crippen LogP) is 2.30. The Bertz CT molecular complexity index is 242. The van der Waals surface area contributed by atoms with Gasteiger partial charge in [-0.1, -0.05) is 0 Å². The number of hydrogen-bond donors (Lipinski definition) is 0. The lowest BCUT2D eigenvalue weighted by molar-refractivity contribution is -0.146. The maximum Gasteiger partial charge on any atom is 0.319 e. The maximum atomic E-state index is 12.9. The lowest BCUT2D eigenvalue weighted by Gasteiger charge is -2.42. The monoisotopic (exact) mass is 256 g/mol. The van der Waals surface area contributed by atoms with Crippen molar-refractivity contribution in [3.8, 4) is 0 Å². The van der Waals surface area contributed by atoms with Gasteiger partial charge in [0.15, 0.2) is 0 Å². The lowest BCUT2D eigenvalue weighted by atomic mass is 10.0. The number of alkyl halides is 4. The normalized spacial score (nSPS) is 21.2. The summed E-state index contributed by atoms with van der Waals surface area (Å²) in [6.45, 7) is 7.43. The Balaban J connectivity index is 2.43. The summed E-state index contributed by atoms with van der Waals surface area (Å²) < 4.78 is 49.8. The third kappa shape index (κ3) is 4.10. The Morgan fingerprint density at radius 3 is 1.82 bits per heavy atom. The quantitative estimate of drug-likeness (QED) is 0.715. The summed E-state index contributed by atoms with van der Waals surface area (Å²) in [4.78, 5) is 3.58. The zero-order valence-electron chi connectivity index (χ0n) is 10.5. The molecule has 1 aliphatic rings. The number of halogens is 4. The first-order valence-electron chi connectivity index (χ1n) is 5.76. The first kappa shape index (κ1) is 14.7. The highest BCUT2D eigenvalue weighted by Crippen LogP contribution is 2.25. The Kier molecular flexibility index (Phi) is 4.41. The molecule has 0 aromatic carbocycles. The van der Waals surface area contributed by atoms with E-state index in [-0.39, 0.29) is 5.54 Å². The van der Waals surface area contributed by atoms with Gasteiger partial charge in [-0.25, -0.2) is 8.78 Å². The minimum absolute atomic E-state index is 0.00266. The summed E-state index contributed by atoms with van der Waals surface area (Å²) in [6.07, 6.45) is -3.58. The molecule has 102 valence electrons. The van der Waals surface area contributed by atoms with Crippen molar-refractivity contribution in [2.24, 2.45) is 0 Å². The van der Waals surface area contributed by atoms with E-state index in [1.54, 1.807) is 0 Å². The molecule has 0 N–H and O–H groups in total. The van der Waals surface area contributed by atoms with Crippen LogP contribution in [0.25, 0.3) is 0 Å². The smallest absolute Gasteiger partial charge is 0.296 e. The van der Waals surface area contributed by atoms with E-state index < -0.39 is 18.9 Å². The van der Waals surface area contributed by atoms with Gasteiger partial charge >= 0.3 is 12.3 Å². The molecule has 0 radical (unpaired) electrons. The van der Waals surface area contributed by atoms with Crippen LogP contribution in [0.15, 0.2) is 0 Å². The predicted molar refractivity (Wildman–Crippen MR) is 58.7 cm³/mol. The summed E-state index contributed by atoms with van der Waals surface area (Å²) in [5.74, 6) is -3.90. The zero-order valence-corrected chi connectivity index (χ0v) is 10.5. The SMILES string of the molecule is CC(C)(C)N1CCN(CC(F)(F)C(F)F)CC1. The van der Waals surface area contributed by atoms with Crippen LogP contribution in [0.3, 0.4) is 0 Å². The van der Waals surface area contributed by atoms with Crippen molar-refractivity contribution >= 4 is 0 Å². The van der Waals surface area contributed by atoms with Gasteiger partial charge in [-0.2, -0.15) is 8.78 Å². The third-order valence-electron chi connectivity index (χ3n) is 3.07. The van der Waals surface area contributed by atoms with Crippen LogP contribution in [0.4, 0.5) is 17.6 Å². The molecule has 1 saturated heterocycles. The molecule has 0 aliphatic carbocycles. The van der Waals surface area contributed by atoms with Crippen molar-refractivity contribution in [3.05, 3.63) is 0 Å². The van der Waals surface area contributed by atoms with Crippen LogP contribution in [0.2, 0.25) is 0 Å². The van der Waals surface area contributed by atoms with Crippen LogP contribution in [-0.4, -0.2) is 60.4 Å². The molecule has 17 heavy (non-hydrogen) atoms. The Morgan fingerprint density at radius 1 is 1.00 bits per heavy atom. The van der Waals surface area contributed by atoms with Gasteiger partial charge in [-0.3, -0.25) is 9.80 Å². The zero-order chi connectivity index (χ0) is 13.3. The second kappa shape index (κ2) is 5.10. The van der Waals surface area contributed by atoms with Gasteiger partial charge in [-0.05, 0) is 20.8 Å². The van der Waals surface area contributed by atoms with Gasteiger partial charge in [0.1, 0.15) is 0 Å². The van der Waals surface area contributed by atoms with Crippen molar-refractivity contribution < 1.29 is 17.6 Å². The second-order valence-electron chi connectivity index (χ2n) is 5.50. The Labute approximate surface area is 99.6 Å². The standard InChI is InChI=1S/C11H20F4N2/c1-10(2,3)17-6-4-16(5-7-17)8-11(14,15)9(12)13/h9H,4-8H2,1-3H3. The third-order valence-corrected chi connectivity index (χ3v) is 3.07. The van der Waals surface area contributed by atoms with Crippen LogP contribution in [0.1, 0.15) is 20.8 Å². The van der Waals surface area contributed by atoms with Gasteiger partial charge in [0.2, 0.25) is 0 Å². The fourth-order valence-corrected chi connectivity index (χ4v) is 1.94. The topological polar surface area (TPSA) is 6.48 Å². The molecule has 0 bridgehead atoms. The first-order valence-corrected chi connectivity index (χ1v) is 5.76. The molecule has 0 saturated carbocycles. The van der Waals surface area contributed by atoms with E-state index in [1.165, 1.54) is 4.90 Å². The van der Waals surface area contributed by atoms with E-state index >= 15 is 0 Å². The summed E-state index contributed by atoms with van der Waals surface area (Å²) in [6, 6.07) is 0. The minimum atomic E-state index is -3.90. The molecule has 0 aromatic heterocycles. The largest absolute Gasteiger partial charge is 0.319 e. The molecule has 0 amide bonds. The van der Waals surface area contributed by atoms with Crippen molar-refractivity contribution in [1.82, 2.24) is 9.80 Å². The van der Waals surface area contributed by atoms with Crippen LogP contribution in [0, 0.1) is 0 Å². The Morgan fingerprint density at radius 2 is 1.47 bits per heavy atom. The summed E-state index contributed by atoms with van der Waals surface area (Å²) in [7, 11) is 0. The Hall–Kier alpha value is -0.360. The minimum Gasteiger partial charge on any atom is -0.296 e. The summed E-state index contributed by atoms with van der Waals surface area (Å²) in [5, 5.41) is 0. The number of piperazine rings is 1.